The number of unbranched alkanes of at least 4 members (excludes halogenated alkanes) is 1. The topological polar surface area (TPSA) is 72.8 Å². The Bertz CT molecular complexity index is 862. The molecule has 2 aliphatic carbocycles. The SMILES string of the molecule is CCC(COC(=O)C1(C)CCCC2(C)c3ccc(C(C)C)cc3CCC12)OC(=O)CCCCO. The van der Waals surface area contributed by atoms with Crippen LogP contribution >= 0.6 is 0 Å². The van der Waals surface area contributed by atoms with Gasteiger partial charge in [0.2, 0.25) is 0 Å². The first-order valence-electron chi connectivity index (χ1n) is 13.3. The molecule has 4 atom stereocenters. The highest BCUT2D eigenvalue weighted by Gasteiger charge is 2.55. The molecular formula is C29H44O5. The van der Waals surface area contributed by atoms with Crippen molar-refractivity contribution >= 4 is 11.9 Å². The van der Waals surface area contributed by atoms with Crippen LogP contribution in [0.3, 0.4) is 0 Å². The molecule has 0 saturated heterocycles. The summed E-state index contributed by atoms with van der Waals surface area (Å²) >= 11 is 0. The number of benzene rings is 1. The number of rotatable bonds is 10. The standard InChI is InChI=1S/C29H44O5/c1-6-23(34-26(31)10-7-8-17-30)19-33-27(32)29(5)16-9-15-28(4)24-13-11-21(20(2)3)18-22(24)12-14-25(28)29/h11,13,18,20,23,25,30H,6-10,12,14-17,19H2,1-5H3. The first-order chi connectivity index (χ1) is 16.2. The molecule has 0 amide bonds. The molecule has 5 heteroatoms. The number of hydrogen-bond acceptors (Lipinski definition) is 5. The average Bonchev–Trinajstić information content (AvgIpc) is 2.81. The van der Waals surface area contributed by atoms with E-state index in [2.05, 4.69) is 45.9 Å². The van der Waals surface area contributed by atoms with E-state index in [4.69, 9.17) is 14.6 Å². The van der Waals surface area contributed by atoms with Gasteiger partial charge in [-0.2, -0.15) is 0 Å². The van der Waals surface area contributed by atoms with Crippen molar-refractivity contribution in [2.24, 2.45) is 11.3 Å². The zero-order chi connectivity index (χ0) is 24.9. The number of hydrogen-bond donors (Lipinski definition) is 1. The molecule has 2 aliphatic rings. The van der Waals surface area contributed by atoms with Crippen LogP contribution in [-0.2, 0) is 30.9 Å². The van der Waals surface area contributed by atoms with Crippen molar-refractivity contribution in [3.63, 3.8) is 0 Å². The van der Waals surface area contributed by atoms with Gasteiger partial charge in [-0.3, -0.25) is 9.59 Å². The van der Waals surface area contributed by atoms with Gasteiger partial charge in [0.1, 0.15) is 12.7 Å². The van der Waals surface area contributed by atoms with E-state index in [0.717, 1.165) is 32.1 Å². The number of aryl methyl sites for hydroxylation is 1. The van der Waals surface area contributed by atoms with Crippen molar-refractivity contribution in [3.8, 4) is 0 Å². The molecule has 1 saturated carbocycles. The number of carbonyl (C=O) groups excluding carboxylic acids is 2. The van der Waals surface area contributed by atoms with Gasteiger partial charge in [0.15, 0.2) is 0 Å². The van der Waals surface area contributed by atoms with Crippen LogP contribution in [0.4, 0.5) is 0 Å². The van der Waals surface area contributed by atoms with Crippen molar-refractivity contribution in [2.45, 2.75) is 110 Å². The highest BCUT2D eigenvalue weighted by molar-refractivity contribution is 5.77. The predicted octanol–water partition coefficient (Wildman–Crippen LogP) is 5.85. The Morgan fingerprint density at radius 1 is 1.18 bits per heavy atom. The lowest BCUT2D eigenvalue weighted by molar-refractivity contribution is -0.172. The van der Waals surface area contributed by atoms with Crippen molar-refractivity contribution in [2.75, 3.05) is 13.2 Å². The van der Waals surface area contributed by atoms with Crippen LogP contribution in [0.25, 0.3) is 0 Å². The zero-order valence-corrected chi connectivity index (χ0v) is 21.8. The van der Waals surface area contributed by atoms with Crippen LogP contribution in [0.15, 0.2) is 18.2 Å². The average molecular weight is 473 g/mol. The highest BCUT2D eigenvalue weighted by atomic mass is 16.6. The molecule has 0 bridgehead atoms. The molecular weight excluding hydrogens is 428 g/mol. The lowest BCUT2D eigenvalue weighted by Gasteiger charge is -2.54. The Hall–Kier alpha value is -1.88. The first kappa shape index (κ1) is 26.7. The Kier molecular flexibility index (Phi) is 8.83. The number of carbonyl (C=O) groups is 2. The van der Waals surface area contributed by atoms with Crippen molar-refractivity contribution in [1.29, 1.82) is 0 Å². The second kappa shape index (κ2) is 11.2. The fourth-order valence-electron chi connectivity index (χ4n) is 6.31. The van der Waals surface area contributed by atoms with E-state index in [9.17, 15) is 9.59 Å². The van der Waals surface area contributed by atoms with E-state index < -0.39 is 11.5 Å². The Morgan fingerprint density at radius 2 is 1.94 bits per heavy atom. The minimum absolute atomic E-state index is 0.0293. The van der Waals surface area contributed by atoms with E-state index in [1.165, 1.54) is 16.7 Å². The van der Waals surface area contributed by atoms with Gasteiger partial charge in [0.25, 0.3) is 0 Å². The summed E-state index contributed by atoms with van der Waals surface area (Å²) in [5.74, 6) is 0.301. The van der Waals surface area contributed by atoms with Crippen molar-refractivity contribution < 1.29 is 24.2 Å². The molecule has 3 rings (SSSR count). The highest BCUT2D eigenvalue weighted by Crippen LogP contribution is 2.57. The van der Waals surface area contributed by atoms with E-state index in [1.54, 1.807) is 0 Å². The molecule has 0 spiro atoms. The summed E-state index contributed by atoms with van der Waals surface area (Å²) in [7, 11) is 0. The summed E-state index contributed by atoms with van der Waals surface area (Å²) in [6, 6.07) is 6.96. The summed E-state index contributed by atoms with van der Waals surface area (Å²) in [5.41, 5.74) is 3.68. The summed E-state index contributed by atoms with van der Waals surface area (Å²) in [5, 5.41) is 8.88. The minimum Gasteiger partial charge on any atom is -0.461 e. The van der Waals surface area contributed by atoms with Crippen LogP contribution in [0, 0.1) is 11.3 Å². The van der Waals surface area contributed by atoms with Gasteiger partial charge >= 0.3 is 11.9 Å². The number of fused-ring (bicyclic) bond motifs is 3. The van der Waals surface area contributed by atoms with E-state index in [0.29, 0.717) is 25.2 Å². The normalized spacial score (nSPS) is 27.0. The number of aliphatic hydroxyl groups excluding tert-OH is 1. The Labute approximate surface area is 205 Å². The first-order valence-corrected chi connectivity index (χ1v) is 13.3. The van der Waals surface area contributed by atoms with E-state index in [-0.39, 0.29) is 42.9 Å². The number of esters is 2. The monoisotopic (exact) mass is 472 g/mol. The predicted molar refractivity (Wildman–Crippen MR) is 134 cm³/mol. The molecule has 1 aromatic rings. The van der Waals surface area contributed by atoms with Crippen LogP contribution in [-0.4, -0.2) is 36.4 Å². The van der Waals surface area contributed by atoms with Gasteiger partial charge < -0.3 is 14.6 Å². The van der Waals surface area contributed by atoms with Gasteiger partial charge in [0.05, 0.1) is 5.41 Å². The van der Waals surface area contributed by atoms with E-state index >= 15 is 0 Å². The van der Waals surface area contributed by atoms with E-state index in [1.807, 2.05) is 6.92 Å². The van der Waals surface area contributed by atoms with Crippen LogP contribution in [0.1, 0.15) is 109 Å². The lowest BCUT2D eigenvalue weighted by atomic mass is 9.49. The lowest BCUT2D eigenvalue weighted by Crippen LogP contribution is -2.53. The molecule has 1 fully saturated rings. The Balaban J connectivity index is 1.69. The summed E-state index contributed by atoms with van der Waals surface area (Å²) < 4.78 is 11.4. The largest absolute Gasteiger partial charge is 0.461 e. The number of aliphatic hydroxyl groups is 1. The summed E-state index contributed by atoms with van der Waals surface area (Å²) in [4.78, 5) is 25.6. The fourth-order valence-corrected chi connectivity index (χ4v) is 6.31. The van der Waals surface area contributed by atoms with Gasteiger partial charge in [-0.25, -0.2) is 0 Å². The summed E-state index contributed by atoms with van der Waals surface area (Å²) in [6.07, 6.45) is 6.57. The number of ether oxygens (including phenoxy) is 2. The van der Waals surface area contributed by atoms with Crippen molar-refractivity contribution in [3.05, 3.63) is 34.9 Å². The van der Waals surface area contributed by atoms with Gasteiger partial charge in [0, 0.05) is 13.0 Å². The quantitative estimate of drug-likeness (QED) is 0.342. The van der Waals surface area contributed by atoms with Gasteiger partial charge in [-0.1, -0.05) is 52.3 Å². The molecule has 190 valence electrons. The maximum absolute atomic E-state index is 13.5. The van der Waals surface area contributed by atoms with Gasteiger partial charge in [-0.15, -0.1) is 0 Å². The van der Waals surface area contributed by atoms with Crippen LogP contribution < -0.4 is 0 Å². The zero-order valence-electron chi connectivity index (χ0n) is 21.8. The maximum atomic E-state index is 13.5. The second-order valence-electron chi connectivity index (χ2n) is 11.2. The molecule has 1 aromatic carbocycles. The molecule has 5 nitrogen and oxygen atoms in total. The molecule has 0 radical (unpaired) electrons. The van der Waals surface area contributed by atoms with Gasteiger partial charge in [-0.05, 0) is 85.8 Å². The third kappa shape index (κ3) is 5.50. The minimum atomic E-state index is -0.537. The molecule has 34 heavy (non-hydrogen) atoms. The second-order valence-corrected chi connectivity index (χ2v) is 11.2. The van der Waals surface area contributed by atoms with Crippen LogP contribution in [0.5, 0.6) is 0 Å². The summed E-state index contributed by atoms with van der Waals surface area (Å²) in [6.45, 7) is 11.0. The molecule has 0 heterocycles. The third-order valence-electron chi connectivity index (χ3n) is 8.45. The smallest absolute Gasteiger partial charge is 0.312 e. The Morgan fingerprint density at radius 3 is 2.62 bits per heavy atom. The fraction of sp³-hybridized carbons (Fsp3) is 0.724. The maximum Gasteiger partial charge on any atom is 0.312 e. The van der Waals surface area contributed by atoms with Crippen LogP contribution in [0.2, 0.25) is 0 Å². The molecule has 4 unspecified atom stereocenters. The third-order valence-corrected chi connectivity index (χ3v) is 8.45. The van der Waals surface area contributed by atoms with Crippen molar-refractivity contribution in [1.82, 2.24) is 0 Å². The molecule has 0 aliphatic heterocycles. The molecule has 1 N–H and O–H groups in total. The molecule has 0 aromatic heterocycles.